The number of aromatic nitrogens is 2. The van der Waals surface area contributed by atoms with E-state index in [0.29, 0.717) is 29.2 Å². The van der Waals surface area contributed by atoms with Crippen molar-refractivity contribution >= 4 is 34.5 Å². The predicted molar refractivity (Wildman–Crippen MR) is 199 cm³/mol. The fourth-order valence-corrected chi connectivity index (χ4v) is 7.38. The maximum Gasteiger partial charge on any atom is 0.261 e. The van der Waals surface area contributed by atoms with Crippen LogP contribution in [0.15, 0.2) is 54.6 Å². The highest BCUT2D eigenvalue weighted by Gasteiger charge is 2.34. The largest absolute Gasteiger partial charge is 0.493 e. The zero-order valence-corrected chi connectivity index (χ0v) is 30.5. The molecule has 3 aliphatic rings. The lowest BCUT2D eigenvalue weighted by atomic mass is 10.1. The van der Waals surface area contributed by atoms with E-state index < -0.39 is 0 Å². The lowest BCUT2D eigenvalue weighted by molar-refractivity contribution is 0.0650. The molecule has 0 N–H and O–H groups in total. The third-order valence-electron chi connectivity index (χ3n) is 10.3. The molecule has 7 rings (SSSR count). The van der Waals surface area contributed by atoms with Gasteiger partial charge in [-0.3, -0.25) is 24.3 Å². The summed E-state index contributed by atoms with van der Waals surface area (Å²) >= 11 is 0. The molecule has 0 saturated carbocycles. The summed E-state index contributed by atoms with van der Waals surface area (Å²) in [5, 5.41) is 0.933. The van der Waals surface area contributed by atoms with Crippen molar-refractivity contribution in [2.75, 3.05) is 104 Å². The molecule has 3 aromatic carbocycles. The number of unbranched alkanes of at least 4 members (excludes halogenated alkanes) is 1. The van der Waals surface area contributed by atoms with Crippen molar-refractivity contribution in [1.29, 1.82) is 0 Å². The Labute approximate surface area is 304 Å². The smallest absolute Gasteiger partial charge is 0.261 e. The van der Waals surface area contributed by atoms with E-state index in [9.17, 15) is 9.59 Å². The highest BCUT2D eigenvalue weighted by molar-refractivity contribution is 6.21. The highest BCUT2D eigenvalue weighted by Crippen LogP contribution is 2.37. The van der Waals surface area contributed by atoms with Crippen molar-refractivity contribution in [3.05, 3.63) is 71.3 Å². The summed E-state index contributed by atoms with van der Waals surface area (Å²) in [7, 11) is 6.60. The molecule has 2 saturated heterocycles. The molecule has 4 heterocycles. The van der Waals surface area contributed by atoms with E-state index in [1.807, 2.05) is 24.3 Å². The fourth-order valence-electron chi connectivity index (χ4n) is 7.38. The first-order valence-electron chi connectivity index (χ1n) is 17.9. The summed E-state index contributed by atoms with van der Waals surface area (Å²) < 4.78 is 22.3. The Hall–Kier alpha value is -5.14. The number of fused-ring (bicyclic) bond motifs is 2. The topological polar surface area (TPSA) is 113 Å². The molecular formula is C39H47N7O6. The van der Waals surface area contributed by atoms with Crippen LogP contribution < -0.4 is 28.7 Å². The highest BCUT2D eigenvalue weighted by atomic mass is 16.5. The van der Waals surface area contributed by atoms with Gasteiger partial charge in [0.15, 0.2) is 23.0 Å². The van der Waals surface area contributed by atoms with E-state index in [1.165, 1.54) is 10.5 Å². The number of amides is 2. The standard InChI is InChI=1S/C39H47N7O6/c1-49-32-12-11-27(23-33(32)50-2)26-43-17-21-45(22-18-43)39-40-31-25-35(52-4)34(51-3)24-30(31)36(41-39)44-19-15-42(16-20-44)13-7-8-14-46-37(47)28-9-5-6-10-29(28)38(46)48/h5-6,9-12,23-25H,7-8,13-22,26H2,1-4H3. The minimum atomic E-state index is -0.184. The zero-order chi connectivity index (χ0) is 36.2. The normalized spacial score (nSPS) is 16.8. The molecule has 0 bridgehead atoms. The number of rotatable bonds is 13. The van der Waals surface area contributed by atoms with Gasteiger partial charge in [-0.25, -0.2) is 4.98 Å². The van der Waals surface area contributed by atoms with Crippen LogP contribution in [-0.2, 0) is 6.54 Å². The van der Waals surface area contributed by atoms with Gasteiger partial charge in [0.1, 0.15) is 5.82 Å². The molecule has 0 spiro atoms. The summed E-state index contributed by atoms with van der Waals surface area (Å²) in [4.78, 5) is 46.6. The van der Waals surface area contributed by atoms with E-state index in [0.717, 1.165) is 112 Å². The number of ether oxygens (including phenoxy) is 4. The minimum Gasteiger partial charge on any atom is -0.493 e. The fraction of sp³-hybridized carbons (Fsp3) is 0.436. The van der Waals surface area contributed by atoms with Gasteiger partial charge >= 0.3 is 0 Å². The number of anilines is 2. The SMILES string of the molecule is COc1ccc(CN2CCN(c3nc(N4CCN(CCCCN5C(=O)c6ccccc6C5=O)CC4)c4cc(OC)c(OC)cc4n3)CC2)cc1OC. The predicted octanol–water partition coefficient (Wildman–Crippen LogP) is 4.18. The maximum absolute atomic E-state index is 12.7. The van der Waals surface area contributed by atoms with Crippen molar-refractivity contribution in [3.63, 3.8) is 0 Å². The average Bonchev–Trinajstić information content (AvgIpc) is 3.43. The van der Waals surface area contributed by atoms with Gasteiger partial charge in [0.2, 0.25) is 5.95 Å². The van der Waals surface area contributed by atoms with Crippen LogP contribution in [0.4, 0.5) is 11.8 Å². The van der Waals surface area contributed by atoms with Crippen LogP contribution in [0.5, 0.6) is 23.0 Å². The van der Waals surface area contributed by atoms with E-state index in [2.05, 4.69) is 25.7 Å². The molecular weight excluding hydrogens is 662 g/mol. The molecule has 2 fully saturated rings. The van der Waals surface area contributed by atoms with Crippen molar-refractivity contribution in [3.8, 4) is 23.0 Å². The average molecular weight is 710 g/mol. The first kappa shape index (κ1) is 35.3. The number of carbonyl (C=O) groups is 2. The van der Waals surface area contributed by atoms with Crippen LogP contribution in [0.1, 0.15) is 39.1 Å². The molecule has 0 radical (unpaired) electrons. The second-order valence-corrected chi connectivity index (χ2v) is 13.4. The van der Waals surface area contributed by atoms with Crippen molar-refractivity contribution in [2.45, 2.75) is 19.4 Å². The molecule has 1 aromatic heterocycles. The Morgan fingerprint density at radius 2 is 1.17 bits per heavy atom. The minimum absolute atomic E-state index is 0.184. The lowest BCUT2D eigenvalue weighted by Gasteiger charge is -2.37. The molecule has 13 nitrogen and oxygen atoms in total. The number of piperazine rings is 2. The van der Waals surface area contributed by atoms with Gasteiger partial charge in [0, 0.05) is 76.9 Å². The van der Waals surface area contributed by atoms with Crippen LogP contribution in [0.3, 0.4) is 0 Å². The lowest BCUT2D eigenvalue weighted by Crippen LogP contribution is -2.48. The summed E-state index contributed by atoms with van der Waals surface area (Å²) in [6, 6.07) is 17.1. The van der Waals surface area contributed by atoms with Crippen LogP contribution in [0.25, 0.3) is 10.9 Å². The third kappa shape index (κ3) is 7.15. The molecule has 0 unspecified atom stereocenters. The molecule has 2 amide bonds. The first-order chi connectivity index (χ1) is 25.4. The molecule has 4 aromatic rings. The van der Waals surface area contributed by atoms with Gasteiger partial charge in [-0.15, -0.1) is 0 Å². The van der Waals surface area contributed by atoms with Gasteiger partial charge in [-0.05, 0) is 55.3 Å². The van der Waals surface area contributed by atoms with Crippen molar-refractivity contribution in [1.82, 2.24) is 24.7 Å². The van der Waals surface area contributed by atoms with E-state index in [4.69, 9.17) is 28.9 Å². The van der Waals surface area contributed by atoms with Crippen molar-refractivity contribution in [2.24, 2.45) is 0 Å². The monoisotopic (exact) mass is 709 g/mol. The van der Waals surface area contributed by atoms with Crippen LogP contribution in [0, 0.1) is 0 Å². The van der Waals surface area contributed by atoms with Gasteiger partial charge < -0.3 is 28.7 Å². The number of hydrogen-bond donors (Lipinski definition) is 0. The molecule has 0 atom stereocenters. The number of benzene rings is 3. The van der Waals surface area contributed by atoms with E-state index >= 15 is 0 Å². The second-order valence-electron chi connectivity index (χ2n) is 13.4. The molecule has 13 heteroatoms. The number of imide groups is 1. The van der Waals surface area contributed by atoms with Crippen LogP contribution in [0.2, 0.25) is 0 Å². The Balaban J connectivity index is 0.992. The third-order valence-corrected chi connectivity index (χ3v) is 10.3. The molecule has 3 aliphatic heterocycles. The Kier molecular flexibility index (Phi) is 10.6. The zero-order valence-electron chi connectivity index (χ0n) is 30.5. The van der Waals surface area contributed by atoms with Crippen molar-refractivity contribution < 1.29 is 28.5 Å². The summed E-state index contributed by atoms with van der Waals surface area (Å²) in [6.07, 6.45) is 1.68. The number of hydrogen-bond acceptors (Lipinski definition) is 12. The van der Waals surface area contributed by atoms with Crippen LogP contribution in [-0.4, -0.2) is 130 Å². The summed E-state index contributed by atoms with van der Waals surface area (Å²) in [5.41, 5.74) is 3.01. The molecule has 0 aliphatic carbocycles. The maximum atomic E-state index is 12.7. The van der Waals surface area contributed by atoms with Crippen LogP contribution >= 0.6 is 0 Å². The van der Waals surface area contributed by atoms with Gasteiger partial charge in [0.05, 0.1) is 45.1 Å². The van der Waals surface area contributed by atoms with Gasteiger partial charge in [-0.2, -0.15) is 4.98 Å². The van der Waals surface area contributed by atoms with Gasteiger partial charge in [-0.1, -0.05) is 18.2 Å². The van der Waals surface area contributed by atoms with E-state index in [-0.39, 0.29) is 11.8 Å². The Morgan fingerprint density at radius 3 is 1.83 bits per heavy atom. The Bertz CT molecular complexity index is 1890. The summed E-state index contributed by atoms with van der Waals surface area (Å²) in [5.74, 6) is 4.00. The number of carbonyl (C=O) groups excluding carboxylic acids is 2. The first-order valence-corrected chi connectivity index (χ1v) is 17.9. The second kappa shape index (κ2) is 15.6. The Morgan fingerprint density at radius 1 is 0.596 bits per heavy atom. The van der Waals surface area contributed by atoms with E-state index in [1.54, 1.807) is 52.7 Å². The number of nitrogens with zero attached hydrogens (tertiary/aromatic N) is 7. The molecule has 274 valence electrons. The summed E-state index contributed by atoms with van der Waals surface area (Å²) in [6.45, 7) is 8.94. The van der Waals surface area contributed by atoms with Gasteiger partial charge in [0.25, 0.3) is 11.8 Å². The molecule has 52 heavy (non-hydrogen) atoms. The number of methoxy groups -OCH3 is 4. The quantitative estimate of drug-likeness (QED) is 0.147.